The van der Waals surface area contributed by atoms with Crippen LogP contribution in [0.3, 0.4) is 0 Å². The minimum absolute atomic E-state index is 0.0265. The fourth-order valence-corrected chi connectivity index (χ4v) is 1.43. The van der Waals surface area contributed by atoms with Gasteiger partial charge in [0, 0.05) is 24.3 Å². The topological polar surface area (TPSA) is 70.1 Å². The first-order valence-electron chi connectivity index (χ1n) is 4.61. The number of non-ortho nitro benzene ring substituents is 1. The second-order valence-corrected chi connectivity index (χ2v) is 3.22. The van der Waals surface area contributed by atoms with Gasteiger partial charge >= 0.3 is 0 Å². The summed E-state index contributed by atoms with van der Waals surface area (Å²) in [5, 5.41) is 22.0. The number of hydrogen-bond acceptors (Lipinski definition) is 3. The van der Waals surface area contributed by atoms with E-state index in [2.05, 4.69) is 0 Å². The van der Waals surface area contributed by atoms with Crippen molar-refractivity contribution in [3.8, 4) is 11.3 Å². The molecule has 5 heteroatoms. The number of hydrogen-bond donors (Lipinski definition) is 0. The zero-order valence-electron chi connectivity index (χ0n) is 8.24. The van der Waals surface area contributed by atoms with Crippen molar-refractivity contribution >= 4 is 5.69 Å². The van der Waals surface area contributed by atoms with Gasteiger partial charge in [0.2, 0.25) is 5.69 Å². The van der Waals surface area contributed by atoms with Crippen molar-refractivity contribution in [2.75, 3.05) is 0 Å². The van der Waals surface area contributed by atoms with Gasteiger partial charge in [0.1, 0.15) is 0 Å². The molecule has 0 atom stereocenters. The molecule has 1 aromatic carbocycles. The number of nitro groups is 1. The molecule has 0 N–H and O–H groups in total. The van der Waals surface area contributed by atoms with Crippen molar-refractivity contribution < 1.29 is 9.65 Å². The van der Waals surface area contributed by atoms with Crippen LogP contribution in [0.5, 0.6) is 0 Å². The van der Waals surface area contributed by atoms with E-state index in [0.717, 1.165) is 0 Å². The zero-order valence-corrected chi connectivity index (χ0v) is 8.24. The number of pyridine rings is 1. The molecule has 2 aromatic rings. The highest BCUT2D eigenvalue weighted by atomic mass is 16.6. The standard InChI is InChI=1S/C11H8N2O3/c14-12-7-2-1-6-11(12)9-4-3-5-10(8-9)13(15)16/h1-8H. The number of nitro benzene ring substituents is 1. The Morgan fingerprint density at radius 1 is 1.12 bits per heavy atom. The van der Waals surface area contributed by atoms with Gasteiger partial charge in [-0.25, -0.2) is 0 Å². The zero-order chi connectivity index (χ0) is 11.5. The number of aromatic nitrogens is 1. The summed E-state index contributed by atoms with van der Waals surface area (Å²) in [7, 11) is 0. The Hall–Kier alpha value is -2.43. The molecule has 16 heavy (non-hydrogen) atoms. The van der Waals surface area contributed by atoms with E-state index in [4.69, 9.17) is 0 Å². The molecule has 0 fully saturated rings. The molecule has 0 spiro atoms. The molecular weight excluding hydrogens is 208 g/mol. The highest BCUT2D eigenvalue weighted by molar-refractivity contribution is 5.59. The maximum atomic E-state index is 11.4. The Morgan fingerprint density at radius 3 is 2.62 bits per heavy atom. The molecule has 2 rings (SSSR count). The molecule has 5 nitrogen and oxygen atoms in total. The largest absolute Gasteiger partial charge is 0.618 e. The van der Waals surface area contributed by atoms with Gasteiger partial charge in [0.25, 0.3) is 5.69 Å². The van der Waals surface area contributed by atoms with E-state index in [9.17, 15) is 15.3 Å². The lowest BCUT2D eigenvalue weighted by Gasteiger charge is -2.03. The van der Waals surface area contributed by atoms with Crippen LogP contribution in [0.25, 0.3) is 11.3 Å². The third kappa shape index (κ3) is 1.83. The Bertz CT molecular complexity index is 540. The number of nitrogens with zero attached hydrogens (tertiary/aromatic N) is 2. The van der Waals surface area contributed by atoms with Crippen LogP contribution in [0, 0.1) is 15.3 Å². The van der Waals surface area contributed by atoms with Crippen molar-refractivity contribution in [1.82, 2.24) is 0 Å². The van der Waals surface area contributed by atoms with Gasteiger partial charge in [-0.3, -0.25) is 10.1 Å². The van der Waals surface area contributed by atoms with E-state index in [1.807, 2.05) is 0 Å². The van der Waals surface area contributed by atoms with Crippen LogP contribution in [-0.4, -0.2) is 4.92 Å². The molecule has 1 aromatic heterocycles. The van der Waals surface area contributed by atoms with Gasteiger partial charge in [-0.1, -0.05) is 6.07 Å². The molecule has 0 saturated heterocycles. The molecule has 0 amide bonds. The monoisotopic (exact) mass is 216 g/mol. The Morgan fingerprint density at radius 2 is 1.94 bits per heavy atom. The second-order valence-electron chi connectivity index (χ2n) is 3.22. The van der Waals surface area contributed by atoms with E-state index in [-0.39, 0.29) is 5.69 Å². The van der Waals surface area contributed by atoms with Crippen LogP contribution in [-0.2, 0) is 0 Å². The molecule has 0 aliphatic heterocycles. The predicted octanol–water partition coefficient (Wildman–Crippen LogP) is 1.90. The predicted molar refractivity (Wildman–Crippen MR) is 57.5 cm³/mol. The maximum Gasteiger partial charge on any atom is 0.270 e. The van der Waals surface area contributed by atoms with Crippen LogP contribution in [0.1, 0.15) is 0 Å². The molecule has 0 radical (unpaired) electrons. The average molecular weight is 216 g/mol. The highest BCUT2D eigenvalue weighted by Crippen LogP contribution is 2.20. The SMILES string of the molecule is O=[N+]([O-])c1cccc(-c2cccc[n+]2[O-])c1. The molecule has 0 saturated carbocycles. The summed E-state index contributed by atoms with van der Waals surface area (Å²) in [6.45, 7) is 0. The van der Waals surface area contributed by atoms with E-state index >= 15 is 0 Å². The quantitative estimate of drug-likeness (QED) is 0.333. The van der Waals surface area contributed by atoms with Crippen LogP contribution < -0.4 is 4.73 Å². The van der Waals surface area contributed by atoms with Gasteiger partial charge in [-0.15, -0.1) is 0 Å². The van der Waals surface area contributed by atoms with Crippen molar-refractivity contribution in [3.05, 3.63) is 64.0 Å². The molecule has 1 heterocycles. The van der Waals surface area contributed by atoms with Crippen LogP contribution in [0.4, 0.5) is 5.69 Å². The molecule has 0 unspecified atom stereocenters. The summed E-state index contributed by atoms with van der Waals surface area (Å²) in [5.41, 5.74) is 0.900. The molecule has 80 valence electrons. The van der Waals surface area contributed by atoms with Crippen LogP contribution in [0.2, 0.25) is 0 Å². The Kier molecular flexibility index (Phi) is 2.51. The van der Waals surface area contributed by atoms with Crippen molar-refractivity contribution in [3.63, 3.8) is 0 Å². The molecule has 0 aliphatic carbocycles. The van der Waals surface area contributed by atoms with Crippen LogP contribution in [0.15, 0.2) is 48.7 Å². The summed E-state index contributed by atoms with van der Waals surface area (Å²) >= 11 is 0. The van der Waals surface area contributed by atoms with Gasteiger partial charge in [-0.2, -0.15) is 4.73 Å². The van der Waals surface area contributed by atoms with Crippen molar-refractivity contribution in [2.24, 2.45) is 0 Å². The third-order valence-corrected chi connectivity index (χ3v) is 2.18. The van der Waals surface area contributed by atoms with E-state index < -0.39 is 4.92 Å². The first kappa shape index (κ1) is 10.1. The highest BCUT2D eigenvalue weighted by Gasteiger charge is 2.11. The minimum atomic E-state index is -0.485. The van der Waals surface area contributed by atoms with Crippen molar-refractivity contribution in [1.29, 1.82) is 0 Å². The Labute approximate surface area is 91.3 Å². The fourth-order valence-electron chi connectivity index (χ4n) is 1.43. The summed E-state index contributed by atoms with van der Waals surface area (Å²) in [4.78, 5) is 10.1. The molecule has 0 aliphatic rings. The summed E-state index contributed by atoms with van der Waals surface area (Å²) in [5.74, 6) is 0. The van der Waals surface area contributed by atoms with Gasteiger partial charge in [0.05, 0.1) is 10.5 Å². The lowest BCUT2D eigenvalue weighted by molar-refractivity contribution is -0.593. The summed E-state index contributed by atoms with van der Waals surface area (Å²) in [6.07, 6.45) is 1.36. The first-order valence-corrected chi connectivity index (χ1v) is 4.61. The average Bonchev–Trinajstić information content (AvgIpc) is 2.30. The van der Waals surface area contributed by atoms with E-state index in [1.165, 1.54) is 18.3 Å². The number of rotatable bonds is 2. The second kappa shape index (κ2) is 3.98. The lowest BCUT2D eigenvalue weighted by Crippen LogP contribution is -2.27. The number of benzene rings is 1. The first-order chi connectivity index (χ1) is 7.68. The van der Waals surface area contributed by atoms with Gasteiger partial charge in [0.15, 0.2) is 6.20 Å². The third-order valence-electron chi connectivity index (χ3n) is 2.18. The smallest absolute Gasteiger partial charge is 0.270 e. The van der Waals surface area contributed by atoms with Crippen molar-refractivity contribution in [2.45, 2.75) is 0 Å². The van der Waals surface area contributed by atoms with E-state index in [1.54, 1.807) is 30.3 Å². The van der Waals surface area contributed by atoms with Crippen LogP contribution >= 0.6 is 0 Å². The fraction of sp³-hybridized carbons (Fsp3) is 0. The lowest BCUT2D eigenvalue weighted by atomic mass is 10.1. The Balaban J connectivity index is 2.53. The summed E-state index contributed by atoms with van der Waals surface area (Å²) < 4.78 is 0.680. The molecular formula is C11H8N2O3. The molecule has 0 bridgehead atoms. The maximum absolute atomic E-state index is 11.4. The minimum Gasteiger partial charge on any atom is -0.618 e. The summed E-state index contributed by atoms with van der Waals surface area (Å²) in [6, 6.07) is 10.9. The van der Waals surface area contributed by atoms with Gasteiger partial charge in [-0.05, 0) is 12.1 Å². The van der Waals surface area contributed by atoms with Gasteiger partial charge < -0.3 is 5.21 Å². The normalized spacial score (nSPS) is 10.0. The van der Waals surface area contributed by atoms with E-state index in [0.29, 0.717) is 16.0 Å².